The molecule has 0 atom stereocenters. The minimum Gasteiger partial charge on any atom is -0.490 e. The zero-order chi connectivity index (χ0) is 27.1. The molecule has 4 rings (SSSR count). The van der Waals surface area contributed by atoms with Gasteiger partial charge in [-0.15, -0.1) is 0 Å². The van der Waals surface area contributed by atoms with Crippen LogP contribution in [0.25, 0.3) is 6.08 Å². The lowest BCUT2D eigenvalue weighted by Gasteiger charge is -2.14. The highest BCUT2D eigenvalue weighted by Gasteiger charge is 2.35. The first kappa shape index (κ1) is 25.9. The maximum atomic E-state index is 12.5. The van der Waals surface area contributed by atoms with Crippen molar-refractivity contribution in [2.24, 2.45) is 0 Å². The molecule has 0 saturated heterocycles. The molecule has 1 aliphatic heterocycles. The smallest absolute Gasteiger partial charge is 0.313 e. The Morgan fingerprint density at radius 1 is 1.05 bits per heavy atom. The van der Waals surface area contributed by atoms with Crippen LogP contribution < -0.4 is 14.8 Å². The second-order valence-corrected chi connectivity index (χ2v) is 8.10. The number of benzene rings is 2. The summed E-state index contributed by atoms with van der Waals surface area (Å²) < 4.78 is 16.2. The number of amides is 3. The molecule has 0 spiro atoms. The van der Waals surface area contributed by atoms with E-state index < -0.39 is 23.7 Å². The molecule has 0 saturated carbocycles. The third-order valence-electron chi connectivity index (χ3n) is 5.59. The standard InChI is InChI=1S/C28H23N3O7/c1-2-36-24-15-18(14-19(16-29)26(33)30-17-20-6-5-13-37-20)9-10-23(24)38-25(32)11-12-31-27(34)21-7-3-4-8-22(21)28(31)35/h3-10,13-15H,2,11-12,17H2,1H3,(H,30,33)/b19-14+. The Balaban J connectivity index is 1.40. The summed E-state index contributed by atoms with van der Waals surface area (Å²) in [7, 11) is 0. The first-order valence-electron chi connectivity index (χ1n) is 11.8. The van der Waals surface area contributed by atoms with Crippen LogP contribution in [0.15, 0.2) is 70.9 Å². The van der Waals surface area contributed by atoms with Crippen molar-refractivity contribution in [3.63, 3.8) is 0 Å². The van der Waals surface area contributed by atoms with Crippen LogP contribution in [0.1, 0.15) is 45.4 Å². The summed E-state index contributed by atoms with van der Waals surface area (Å²) in [5.74, 6) is -1.26. The third-order valence-corrected chi connectivity index (χ3v) is 5.59. The number of carbonyl (C=O) groups is 4. The molecule has 1 N–H and O–H groups in total. The van der Waals surface area contributed by atoms with Gasteiger partial charge in [0, 0.05) is 6.54 Å². The van der Waals surface area contributed by atoms with Crippen molar-refractivity contribution in [1.29, 1.82) is 5.26 Å². The number of nitrogens with one attached hydrogen (secondary N) is 1. The molecule has 1 aromatic heterocycles. The fourth-order valence-electron chi connectivity index (χ4n) is 3.78. The number of imide groups is 1. The fourth-order valence-corrected chi connectivity index (χ4v) is 3.78. The predicted octanol–water partition coefficient (Wildman–Crippen LogP) is 3.49. The molecule has 10 nitrogen and oxygen atoms in total. The molecule has 3 aromatic rings. The number of carbonyl (C=O) groups excluding carboxylic acids is 4. The van der Waals surface area contributed by atoms with E-state index >= 15 is 0 Å². The Labute approximate surface area is 218 Å². The van der Waals surface area contributed by atoms with Gasteiger partial charge in [-0.1, -0.05) is 18.2 Å². The minimum absolute atomic E-state index is 0.122. The number of rotatable bonds is 10. The third kappa shape index (κ3) is 5.79. The van der Waals surface area contributed by atoms with Crippen LogP contribution in [0.4, 0.5) is 0 Å². The van der Waals surface area contributed by atoms with Gasteiger partial charge < -0.3 is 19.2 Å². The summed E-state index contributed by atoms with van der Waals surface area (Å²) in [6.07, 6.45) is 2.65. The van der Waals surface area contributed by atoms with Crippen LogP contribution >= 0.6 is 0 Å². The van der Waals surface area contributed by atoms with Crippen LogP contribution in [-0.4, -0.2) is 41.7 Å². The van der Waals surface area contributed by atoms with Gasteiger partial charge in [0.15, 0.2) is 11.5 Å². The molecule has 0 radical (unpaired) electrons. The normalized spacial score (nSPS) is 12.6. The Morgan fingerprint density at radius 2 is 1.79 bits per heavy atom. The molecular weight excluding hydrogens is 490 g/mol. The highest BCUT2D eigenvalue weighted by Crippen LogP contribution is 2.30. The number of nitriles is 1. The van der Waals surface area contributed by atoms with Crippen LogP contribution in [0.2, 0.25) is 0 Å². The highest BCUT2D eigenvalue weighted by molar-refractivity contribution is 6.21. The molecule has 10 heteroatoms. The molecule has 38 heavy (non-hydrogen) atoms. The van der Waals surface area contributed by atoms with E-state index in [2.05, 4.69) is 5.32 Å². The largest absolute Gasteiger partial charge is 0.490 e. The number of fused-ring (bicyclic) bond motifs is 1. The van der Waals surface area contributed by atoms with E-state index in [1.165, 1.54) is 24.5 Å². The van der Waals surface area contributed by atoms with Gasteiger partial charge in [-0.2, -0.15) is 5.26 Å². The van der Waals surface area contributed by atoms with Crippen LogP contribution in [0.5, 0.6) is 11.5 Å². The van der Waals surface area contributed by atoms with Crippen molar-refractivity contribution < 1.29 is 33.1 Å². The number of hydrogen-bond acceptors (Lipinski definition) is 8. The maximum absolute atomic E-state index is 12.5. The molecular formula is C28H23N3O7. The zero-order valence-electron chi connectivity index (χ0n) is 20.4. The van der Waals surface area contributed by atoms with Crippen molar-refractivity contribution in [2.75, 3.05) is 13.2 Å². The lowest BCUT2D eigenvalue weighted by atomic mass is 10.1. The lowest BCUT2D eigenvalue weighted by Crippen LogP contribution is -2.32. The first-order valence-corrected chi connectivity index (χ1v) is 11.8. The Morgan fingerprint density at radius 3 is 2.42 bits per heavy atom. The van der Waals surface area contributed by atoms with Gasteiger partial charge in [0.25, 0.3) is 17.7 Å². The summed E-state index contributed by atoms with van der Waals surface area (Å²) in [6, 6.07) is 16.3. The molecule has 0 fully saturated rings. The number of hydrogen-bond donors (Lipinski definition) is 1. The first-order chi connectivity index (χ1) is 18.4. The molecule has 3 amide bonds. The number of furan rings is 1. The molecule has 0 bridgehead atoms. The van der Waals surface area contributed by atoms with Crippen molar-refractivity contribution in [3.8, 4) is 17.6 Å². The average Bonchev–Trinajstić information content (AvgIpc) is 3.53. The van der Waals surface area contributed by atoms with E-state index in [4.69, 9.17) is 13.9 Å². The number of ether oxygens (including phenoxy) is 2. The second kappa shape index (κ2) is 11.7. The monoisotopic (exact) mass is 513 g/mol. The van der Waals surface area contributed by atoms with E-state index in [0.717, 1.165) is 4.90 Å². The second-order valence-electron chi connectivity index (χ2n) is 8.10. The zero-order valence-corrected chi connectivity index (χ0v) is 20.4. The van der Waals surface area contributed by atoms with Gasteiger partial charge in [-0.25, -0.2) is 0 Å². The SMILES string of the molecule is CCOc1cc(/C=C(\C#N)C(=O)NCc2ccco2)ccc1OC(=O)CCN1C(=O)c2ccccc2C1=O. The highest BCUT2D eigenvalue weighted by atomic mass is 16.6. The molecule has 0 aliphatic carbocycles. The minimum atomic E-state index is -0.666. The van der Waals surface area contributed by atoms with Crippen LogP contribution in [0.3, 0.4) is 0 Å². The summed E-state index contributed by atoms with van der Waals surface area (Å²) in [4.78, 5) is 50.9. The maximum Gasteiger partial charge on any atom is 0.313 e. The van der Waals surface area contributed by atoms with Gasteiger partial charge >= 0.3 is 5.97 Å². The van der Waals surface area contributed by atoms with Crippen molar-refractivity contribution in [2.45, 2.75) is 19.9 Å². The molecule has 2 aromatic carbocycles. The molecule has 192 valence electrons. The fraction of sp³-hybridized carbons (Fsp3) is 0.179. The lowest BCUT2D eigenvalue weighted by molar-refractivity contribution is -0.134. The van der Waals surface area contributed by atoms with Crippen LogP contribution in [0, 0.1) is 11.3 Å². The van der Waals surface area contributed by atoms with Gasteiger partial charge in [0.05, 0.1) is 37.0 Å². The van der Waals surface area contributed by atoms with Crippen LogP contribution in [-0.2, 0) is 16.1 Å². The molecule has 2 heterocycles. The molecule has 0 unspecified atom stereocenters. The van der Waals surface area contributed by atoms with Gasteiger partial charge in [0.2, 0.25) is 0 Å². The van der Waals surface area contributed by atoms with Crippen molar-refractivity contribution in [3.05, 3.63) is 88.9 Å². The Bertz CT molecular complexity index is 1420. The van der Waals surface area contributed by atoms with Gasteiger partial charge in [0.1, 0.15) is 17.4 Å². The Kier molecular flexibility index (Phi) is 7.98. The molecule has 1 aliphatic rings. The summed E-state index contributed by atoms with van der Waals surface area (Å²) >= 11 is 0. The van der Waals surface area contributed by atoms with Crippen molar-refractivity contribution in [1.82, 2.24) is 10.2 Å². The van der Waals surface area contributed by atoms with Gasteiger partial charge in [-0.05, 0) is 55.0 Å². The topological polar surface area (TPSA) is 139 Å². The number of nitrogens with zero attached hydrogens (tertiary/aromatic N) is 2. The summed E-state index contributed by atoms with van der Waals surface area (Å²) in [5.41, 5.74) is 0.952. The van der Waals surface area contributed by atoms with E-state index in [1.54, 1.807) is 49.4 Å². The van der Waals surface area contributed by atoms with E-state index in [1.807, 2.05) is 6.07 Å². The van der Waals surface area contributed by atoms with E-state index in [0.29, 0.717) is 22.5 Å². The van der Waals surface area contributed by atoms with Gasteiger partial charge in [-0.3, -0.25) is 24.1 Å². The quantitative estimate of drug-likeness (QED) is 0.143. The average molecular weight is 514 g/mol. The van der Waals surface area contributed by atoms with Crippen molar-refractivity contribution >= 4 is 29.8 Å². The Hall–Kier alpha value is -5.17. The summed E-state index contributed by atoms with van der Waals surface area (Å²) in [6.45, 7) is 2.01. The summed E-state index contributed by atoms with van der Waals surface area (Å²) in [5, 5.41) is 12.1. The number of esters is 1. The van der Waals surface area contributed by atoms with E-state index in [9.17, 15) is 24.4 Å². The van der Waals surface area contributed by atoms with E-state index in [-0.39, 0.29) is 43.2 Å². The predicted molar refractivity (Wildman–Crippen MR) is 134 cm³/mol.